The van der Waals surface area contributed by atoms with Crippen molar-refractivity contribution in [2.75, 3.05) is 5.32 Å². The number of aromatic nitrogens is 2. The second-order valence-electron chi connectivity index (χ2n) is 6.93. The molecule has 1 aliphatic heterocycles. The summed E-state index contributed by atoms with van der Waals surface area (Å²) in [6, 6.07) is 22.4. The van der Waals surface area contributed by atoms with Crippen molar-refractivity contribution in [2.24, 2.45) is 0 Å². The number of hydrogen-bond acceptors (Lipinski definition) is 4. The van der Waals surface area contributed by atoms with Gasteiger partial charge in [0, 0.05) is 17.7 Å². The SMILES string of the molecule is O=C1OC(C(=O)Nc2cccc(-c3nc4ccccc4[nH]3)c2)Cc2ccccc21. The summed E-state index contributed by atoms with van der Waals surface area (Å²) in [5, 5.41) is 2.85. The van der Waals surface area contributed by atoms with Crippen LogP contribution in [0.1, 0.15) is 15.9 Å². The summed E-state index contributed by atoms with van der Waals surface area (Å²) in [5.74, 6) is -0.0991. The fourth-order valence-electron chi connectivity index (χ4n) is 3.53. The molecule has 1 aromatic heterocycles. The first-order chi connectivity index (χ1) is 14.2. The Labute approximate surface area is 166 Å². The van der Waals surface area contributed by atoms with Crippen molar-refractivity contribution in [3.8, 4) is 11.4 Å². The standard InChI is InChI=1S/C23H17N3O3/c27-22(20-13-14-6-1-2-9-17(14)23(28)29-20)24-16-8-5-7-15(12-16)21-25-18-10-3-4-11-19(18)26-21/h1-12,20H,13H2,(H,24,27)(H,25,26). The van der Waals surface area contributed by atoms with Crippen LogP contribution in [-0.4, -0.2) is 27.9 Å². The molecule has 4 aromatic rings. The molecule has 6 nitrogen and oxygen atoms in total. The number of para-hydroxylation sites is 2. The maximum atomic E-state index is 12.7. The lowest BCUT2D eigenvalue weighted by atomic mass is 9.98. The van der Waals surface area contributed by atoms with Gasteiger partial charge in [-0.25, -0.2) is 9.78 Å². The first-order valence-corrected chi connectivity index (χ1v) is 9.32. The molecule has 6 heteroatoms. The summed E-state index contributed by atoms with van der Waals surface area (Å²) >= 11 is 0. The largest absolute Gasteiger partial charge is 0.448 e. The number of carbonyl (C=O) groups excluding carboxylic acids is 2. The van der Waals surface area contributed by atoms with E-state index in [0.29, 0.717) is 17.7 Å². The number of esters is 1. The van der Waals surface area contributed by atoms with Gasteiger partial charge in [-0.15, -0.1) is 0 Å². The van der Waals surface area contributed by atoms with Crippen LogP contribution in [-0.2, 0) is 16.0 Å². The maximum Gasteiger partial charge on any atom is 0.339 e. The number of rotatable bonds is 3. The van der Waals surface area contributed by atoms with Crippen LogP contribution in [0, 0.1) is 0 Å². The number of hydrogen-bond donors (Lipinski definition) is 2. The molecule has 0 saturated heterocycles. The Bertz CT molecular complexity index is 1210. The lowest BCUT2D eigenvalue weighted by Gasteiger charge is -2.23. The summed E-state index contributed by atoms with van der Waals surface area (Å²) in [5.41, 5.74) is 4.63. The molecule has 1 unspecified atom stereocenters. The van der Waals surface area contributed by atoms with Crippen LogP contribution in [0.25, 0.3) is 22.4 Å². The molecule has 3 aromatic carbocycles. The van der Waals surface area contributed by atoms with E-state index in [2.05, 4.69) is 15.3 Å². The third-order valence-electron chi connectivity index (χ3n) is 4.98. The van der Waals surface area contributed by atoms with Gasteiger partial charge < -0.3 is 15.0 Å². The van der Waals surface area contributed by atoms with Crippen LogP contribution in [0.2, 0.25) is 0 Å². The zero-order valence-corrected chi connectivity index (χ0v) is 15.4. The van der Waals surface area contributed by atoms with Crippen molar-refractivity contribution in [1.29, 1.82) is 0 Å². The van der Waals surface area contributed by atoms with Crippen molar-refractivity contribution < 1.29 is 14.3 Å². The van der Waals surface area contributed by atoms with Gasteiger partial charge >= 0.3 is 5.97 Å². The number of benzene rings is 3. The molecule has 0 fully saturated rings. The van der Waals surface area contributed by atoms with E-state index in [1.807, 2.05) is 54.6 Å². The molecule has 0 bridgehead atoms. The molecule has 29 heavy (non-hydrogen) atoms. The smallest absolute Gasteiger partial charge is 0.339 e. The highest BCUT2D eigenvalue weighted by molar-refractivity contribution is 6.00. The van der Waals surface area contributed by atoms with Gasteiger partial charge in [0.15, 0.2) is 6.10 Å². The van der Waals surface area contributed by atoms with E-state index in [1.165, 1.54) is 0 Å². The number of amides is 1. The van der Waals surface area contributed by atoms with Gasteiger partial charge in [-0.3, -0.25) is 4.79 Å². The van der Waals surface area contributed by atoms with Gasteiger partial charge in [-0.1, -0.05) is 42.5 Å². The third-order valence-corrected chi connectivity index (χ3v) is 4.98. The van der Waals surface area contributed by atoms with E-state index in [1.54, 1.807) is 18.2 Å². The van der Waals surface area contributed by atoms with E-state index >= 15 is 0 Å². The minimum atomic E-state index is -0.854. The molecule has 2 heterocycles. The van der Waals surface area contributed by atoms with Crippen molar-refractivity contribution >= 4 is 28.6 Å². The Morgan fingerprint density at radius 1 is 1.03 bits per heavy atom. The van der Waals surface area contributed by atoms with E-state index in [4.69, 9.17) is 4.74 Å². The first-order valence-electron chi connectivity index (χ1n) is 9.32. The fraction of sp³-hybridized carbons (Fsp3) is 0.0870. The Kier molecular flexibility index (Phi) is 4.09. The number of ether oxygens (including phenoxy) is 1. The van der Waals surface area contributed by atoms with Crippen molar-refractivity contribution in [2.45, 2.75) is 12.5 Å². The average molecular weight is 383 g/mol. The van der Waals surface area contributed by atoms with E-state index in [-0.39, 0.29) is 5.91 Å². The minimum absolute atomic E-state index is 0.352. The zero-order chi connectivity index (χ0) is 19.8. The topological polar surface area (TPSA) is 84.1 Å². The van der Waals surface area contributed by atoms with Crippen LogP contribution in [0.4, 0.5) is 5.69 Å². The highest BCUT2D eigenvalue weighted by Crippen LogP contribution is 2.25. The lowest BCUT2D eigenvalue weighted by Crippen LogP contribution is -2.37. The van der Waals surface area contributed by atoms with Crippen molar-refractivity contribution in [3.63, 3.8) is 0 Å². The number of anilines is 1. The summed E-state index contributed by atoms with van der Waals surface area (Å²) in [7, 11) is 0. The second-order valence-corrected chi connectivity index (χ2v) is 6.93. The lowest BCUT2D eigenvalue weighted by molar-refractivity contribution is -0.125. The predicted molar refractivity (Wildman–Crippen MR) is 110 cm³/mol. The molecular formula is C23H17N3O3. The maximum absolute atomic E-state index is 12.7. The van der Waals surface area contributed by atoms with Gasteiger partial charge in [0.05, 0.1) is 16.6 Å². The van der Waals surface area contributed by atoms with Gasteiger partial charge in [-0.05, 0) is 35.9 Å². The Morgan fingerprint density at radius 2 is 1.86 bits per heavy atom. The van der Waals surface area contributed by atoms with E-state index in [0.717, 1.165) is 28.0 Å². The molecule has 1 atom stereocenters. The first kappa shape index (κ1) is 17.2. The molecule has 142 valence electrons. The molecule has 1 amide bonds. The molecule has 0 saturated carbocycles. The second kappa shape index (κ2) is 6.91. The quantitative estimate of drug-likeness (QED) is 0.525. The number of carbonyl (C=O) groups is 2. The molecule has 0 radical (unpaired) electrons. The van der Waals surface area contributed by atoms with Crippen LogP contribution in [0.15, 0.2) is 72.8 Å². The van der Waals surface area contributed by atoms with E-state index in [9.17, 15) is 9.59 Å². The summed E-state index contributed by atoms with van der Waals surface area (Å²) in [4.78, 5) is 32.7. The van der Waals surface area contributed by atoms with Crippen LogP contribution < -0.4 is 5.32 Å². The Morgan fingerprint density at radius 3 is 2.76 bits per heavy atom. The van der Waals surface area contributed by atoms with Gasteiger partial charge in [0.25, 0.3) is 5.91 Å². The van der Waals surface area contributed by atoms with Crippen molar-refractivity contribution in [3.05, 3.63) is 83.9 Å². The van der Waals surface area contributed by atoms with Gasteiger partial charge in [-0.2, -0.15) is 0 Å². The third kappa shape index (κ3) is 3.25. The molecule has 5 rings (SSSR count). The number of nitrogens with zero attached hydrogens (tertiary/aromatic N) is 1. The summed E-state index contributed by atoms with van der Waals surface area (Å²) < 4.78 is 5.33. The predicted octanol–water partition coefficient (Wildman–Crippen LogP) is 3.95. The zero-order valence-electron chi connectivity index (χ0n) is 15.4. The fourth-order valence-corrected chi connectivity index (χ4v) is 3.53. The van der Waals surface area contributed by atoms with Crippen LogP contribution >= 0.6 is 0 Å². The number of fused-ring (bicyclic) bond motifs is 2. The molecule has 0 aliphatic carbocycles. The summed E-state index contributed by atoms with van der Waals surface area (Å²) in [6.45, 7) is 0. The summed E-state index contributed by atoms with van der Waals surface area (Å²) in [6.07, 6.45) is -0.496. The number of cyclic esters (lactones) is 1. The molecule has 2 N–H and O–H groups in total. The number of imidazole rings is 1. The molecule has 0 spiro atoms. The molecule has 1 aliphatic rings. The average Bonchev–Trinajstić information content (AvgIpc) is 3.18. The Balaban J connectivity index is 1.36. The van der Waals surface area contributed by atoms with Gasteiger partial charge in [0.2, 0.25) is 0 Å². The molecular weight excluding hydrogens is 366 g/mol. The van der Waals surface area contributed by atoms with Crippen LogP contribution in [0.3, 0.4) is 0 Å². The normalized spacial score (nSPS) is 15.6. The van der Waals surface area contributed by atoms with E-state index < -0.39 is 12.1 Å². The Hall–Kier alpha value is -3.93. The number of nitrogens with one attached hydrogen (secondary N) is 2. The van der Waals surface area contributed by atoms with Gasteiger partial charge in [0.1, 0.15) is 5.82 Å². The number of aromatic amines is 1. The highest BCUT2D eigenvalue weighted by atomic mass is 16.5. The highest BCUT2D eigenvalue weighted by Gasteiger charge is 2.31. The number of H-pyrrole nitrogens is 1. The van der Waals surface area contributed by atoms with Crippen LogP contribution in [0.5, 0.6) is 0 Å². The minimum Gasteiger partial charge on any atom is -0.448 e. The monoisotopic (exact) mass is 383 g/mol. The van der Waals surface area contributed by atoms with Crippen molar-refractivity contribution in [1.82, 2.24) is 9.97 Å².